The van der Waals surface area contributed by atoms with Crippen LogP contribution in [0.3, 0.4) is 0 Å². The second-order valence-electron chi connectivity index (χ2n) is 30.0. The summed E-state index contributed by atoms with van der Waals surface area (Å²) in [5.74, 6) is 2.43. The first-order chi connectivity index (χ1) is 38.1. The Hall–Kier alpha value is -4.44. The number of carbonyl (C=O) groups excluding carboxylic acids is 8. The van der Waals surface area contributed by atoms with E-state index in [-0.39, 0.29) is 71.5 Å². The minimum absolute atomic E-state index is 0.00636. The molecule has 17 nitrogen and oxygen atoms in total. The van der Waals surface area contributed by atoms with Crippen molar-refractivity contribution >= 4 is 47.9 Å². The number of carbonyl (C=O) groups is 8. The number of rotatable bonds is 16. The Balaban J connectivity index is 0.000000161. The van der Waals surface area contributed by atoms with Crippen LogP contribution < -0.4 is 0 Å². The van der Waals surface area contributed by atoms with Crippen molar-refractivity contribution < 1.29 is 81.0 Å². The molecule has 12 rings (SSSR count). The maximum atomic E-state index is 12.7. The van der Waals surface area contributed by atoms with Crippen LogP contribution in [-0.4, -0.2) is 102 Å². The molecule has 10 aliphatic carbocycles. The standard InChI is InChI=1S/C21H34O5.C18H30O2.C16H22O6.C10H16O4/c1-7-19(5,6)16(22)24-20-9-14-8-15(10-20)12-21(11-14,13-20)26-17(23)25-18(2,3)4;1-5-17(3,4)16(19)20-18(6-2)14-8-12-7-13(10-14)11-15(18)9-12;1-4-16(2,3)15(19)20-7-11(17)21-12-8-5-9-10(6-8)14(18)22-13(9)12;1-4-10(2,3)9(12)14-7-5-6-13-8(7)11/h14-15H,7-13H2,1-6H3;12-15H,5-11H2,1-4H3;8-10,12-13H,4-7H2,1-3H3;7H,4-6H2,1-3H3. The Morgan fingerprint density at radius 1 is 0.549 bits per heavy atom. The molecule has 0 radical (unpaired) electrons. The lowest BCUT2D eigenvalue weighted by molar-refractivity contribution is -0.230. The fourth-order valence-electron chi connectivity index (χ4n) is 15.2. The predicted molar refractivity (Wildman–Crippen MR) is 302 cm³/mol. The number of esters is 7. The van der Waals surface area contributed by atoms with Gasteiger partial charge in [0.2, 0.25) is 6.10 Å². The zero-order chi connectivity index (χ0) is 60.8. The van der Waals surface area contributed by atoms with E-state index in [1.807, 2.05) is 69.2 Å². The van der Waals surface area contributed by atoms with E-state index in [1.54, 1.807) is 27.7 Å². The first kappa shape index (κ1) is 65.1. The van der Waals surface area contributed by atoms with Crippen LogP contribution in [0.5, 0.6) is 0 Å². The van der Waals surface area contributed by atoms with E-state index in [4.69, 9.17) is 42.6 Å². The van der Waals surface area contributed by atoms with Crippen molar-refractivity contribution in [2.24, 2.45) is 74.9 Å². The molecule has 0 aromatic carbocycles. The number of hydrogen-bond acceptors (Lipinski definition) is 17. The van der Waals surface area contributed by atoms with E-state index in [1.165, 1.54) is 32.1 Å². The minimum atomic E-state index is -0.687. The van der Waals surface area contributed by atoms with Crippen molar-refractivity contribution in [3.8, 4) is 0 Å². The smallest absolute Gasteiger partial charge is 0.463 e. The molecule has 464 valence electrons. The van der Waals surface area contributed by atoms with Crippen LogP contribution in [0.4, 0.5) is 4.79 Å². The molecule has 10 bridgehead atoms. The van der Waals surface area contributed by atoms with Crippen LogP contribution in [0.25, 0.3) is 0 Å². The molecule has 12 aliphatic rings. The van der Waals surface area contributed by atoms with Gasteiger partial charge in [0.25, 0.3) is 0 Å². The van der Waals surface area contributed by atoms with E-state index >= 15 is 0 Å². The van der Waals surface area contributed by atoms with E-state index in [2.05, 4.69) is 13.8 Å². The van der Waals surface area contributed by atoms with Gasteiger partial charge in [-0.05, 0) is 221 Å². The number of cyclic esters (lactones) is 1. The summed E-state index contributed by atoms with van der Waals surface area (Å²) < 4.78 is 49.3. The van der Waals surface area contributed by atoms with Crippen LogP contribution in [0.1, 0.15) is 233 Å². The molecule has 2 aliphatic heterocycles. The molecule has 0 N–H and O–H groups in total. The zero-order valence-electron chi connectivity index (χ0n) is 52.7. The summed E-state index contributed by atoms with van der Waals surface area (Å²) in [4.78, 5) is 95.7. The van der Waals surface area contributed by atoms with E-state index < -0.39 is 63.2 Å². The maximum Gasteiger partial charge on any atom is 0.509 e. The highest BCUT2D eigenvalue weighted by atomic mass is 16.7. The van der Waals surface area contributed by atoms with E-state index in [0.29, 0.717) is 56.0 Å². The monoisotopic (exact) mass is 1150 g/mol. The van der Waals surface area contributed by atoms with Gasteiger partial charge in [0.05, 0.1) is 34.2 Å². The minimum Gasteiger partial charge on any atom is -0.463 e. The van der Waals surface area contributed by atoms with Gasteiger partial charge in [-0.2, -0.15) is 0 Å². The normalized spacial score (nSPS) is 35.1. The summed E-state index contributed by atoms with van der Waals surface area (Å²) in [6.45, 7) is 30.7. The Morgan fingerprint density at radius 3 is 1.52 bits per heavy atom. The second kappa shape index (κ2) is 24.5. The van der Waals surface area contributed by atoms with E-state index in [0.717, 1.165) is 76.0 Å². The summed E-state index contributed by atoms with van der Waals surface area (Å²) in [6, 6.07) is 0. The first-order valence-electron chi connectivity index (χ1n) is 31.4. The van der Waals surface area contributed by atoms with Crippen LogP contribution >= 0.6 is 0 Å². The van der Waals surface area contributed by atoms with Crippen molar-refractivity contribution in [3.05, 3.63) is 0 Å². The summed E-state index contributed by atoms with van der Waals surface area (Å²) >= 11 is 0. The predicted octanol–water partition coefficient (Wildman–Crippen LogP) is 12.3. The lowest BCUT2D eigenvalue weighted by Gasteiger charge is -2.60. The highest BCUT2D eigenvalue weighted by Crippen LogP contribution is 2.62. The van der Waals surface area contributed by atoms with Crippen LogP contribution in [0.2, 0.25) is 0 Å². The largest absolute Gasteiger partial charge is 0.509 e. The van der Waals surface area contributed by atoms with Gasteiger partial charge >= 0.3 is 47.9 Å². The molecule has 0 aromatic heterocycles. The highest BCUT2D eigenvalue weighted by molar-refractivity contribution is 5.83. The fourth-order valence-corrected chi connectivity index (χ4v) is 15.2. The first-order valence-corrected chi connectivity index (χ1v) is 31.4. The van der Waals surface area contributed by atoms with Gasteiger partial charge in [0.1, 0.15) is 34.6 Å². The third-order valence-corrected chi connectivity index (χ3v) is 21.2. The quantitative estimate of drug-likeness (QED) is 0.104. The van der Waals surface area contributed by atoms with Crippen molar-refractivity contribution in [2.45, 2.75) is 273 Å². The van der Waals surface area contributed by atoms with E-state index in [9.17, 15) is 38.4 Å². The van der Waals surface area contributed by atoms with Crippen LogP contribution in [0.15, 0.2) is 0 Å². The summed E-state index contributed by atoms with van der Waals surface area (Å²) in [6.07, 6.45) is 16.0. The van der Waals surface area contributed by atoms with Gasteiger partial charge in [-0.1, -0.05) is 34.6 Å². The van der Waals surface area contributed by atoms with Crippen molar-refractivity contribution in [1.82, 2.24) is 0 Å². The molecule has 0 amide bonds. The Bertz CT molecular complexity index is 2330. The molecule has 2 heterocycles. The van der Waals surface area contributed by atoms with Crippen LogP contribution in [-0.2, 0) is 76.2 Å². The van der Waals surface area contributed by atoms with Gasteiger partial charge in [-0.15, -0.1) is 0 Å². The third-order valence-electron chi connectivity index (χ3n) is 21.2. The Kier molecular flexibility index (Phi) is 19.5. The third kappa shape index (κ3) is 14.3. The Labute approximate surface area is 488 Å². The highest BCUT2D eigenvalue weighted by Gasteiger charge is 2.65. The molecule has 82 heavy (non-hydrogen) atoms. The second-order valence-corrected chi connectivity index (χ2v) is 30.0. The average molecular weight is 1160 g/mol. The van der Waals surface area contributed by atoms with Crippen LogP contribution in [0, 0.1) is 74.9 Å². The zero-order valence-corrected chi connectivity index (χ0v) is 52.7. The molecule has 8 unspecified atom stereocenters. The van der Waals surface area contributed by atoms with Gasteiger partial charge < -0.3 is 42.6 Å². The number of ether oxygens (including phenoxy) is 9. The topological polar surface area (TPSA) is 220 Å². The number of hydrogen-bond donors (Lipinski definition) is 0. The van der Waals surface area contributed by atoms with Gasteiger partial charge in [0.15, 0.2) is 6.61 Å². The molecular weight excluding hydrogens is 1050 g/mol. The van der Waals surface area contributed by atoms with Crippen molar-refractivity contribution in [3.63, 3.8) is 0 Å². The SMILES string of the molecule is CCC(C)(C)C(=O)OC1(CC)C2CC3CC(C2)CC1C3.CCC(C)(C)C(=O)OC12CC3CC(CC(OC(=O)OC(C)(C)C)(C3)C1)C2.CCC(C)(C)C(=O)OC1CCOC1=O.CCC(C)(C)C(=O)OCC(=O)OC1C2CC3C(=O)OC1C3C2. The molecule has 10 saturated carbocycles. The summed E-state index contributed by atoms with van der Waals surface area (Å²) in [5, 5.41) is 0. The molecule has 2 saturated heterocycles. The van der Waals surface area contributed by atoms with Gasteiger partial charge in [-0.25, -0.2) is 14.4 Å². The fraction of sp³-hybridized carbons (Fsp3) is 0.877. The van der Waals surface area contributed by atoms with Gasteiger partial charge in [0, 0.05) is 24.7 Å². The summed E-state index contributed by atoms with van der Waals surface area (Å²) in [7, 11) is 0. The molecular formula is C65H102O17. The number of fused-ring (bicyclic) bond motifs is 1. The Morgan fingerprint density at radius 2 is 1.04 bits per heavy atom. The van der Waals surface area contributed by atoms with Crippen molar-refractivity contribution in [2.75, 3.05) is 13.2 Å². The molecule has 8 atom stereocenters. The summed E-state index contributed by atoms with van der Waals surface area (Å²) in [5.41, 5.74) is -3.67. The lowest BCUT2D eigenvalue weighted by Crippen LogP contribution is -2.62. The van der Waals surface area contributed by atoms with Crippen molar-refractivity contribution in [1.29, 1.82) is 0 Å². The molecule has 12 fully saturated rings. The molecule has 0 spiro atoms. The van der Waals surface area contributed by atoms with Gasteiger partial charge in [-0.3, -0.25) is 24.0 Å². The molecule has 0 aromatic rings. The maximum absolute atomic E-state index is 12.7. The average Bonchev–Trinajstić information content (AvgIpc) is 1.48. The lowest BCUT2D eigenvalue weighted by atomic mass is 9.49. The molecule has 17 heteroatoms.